The molecule has 5 heteroatoms. The van der Waals surface area contributed by atoms with Crippen molar-refractivity contribution < 1.29 is 14.3 Å². The van der Waals surface area contributed by atoms with Crippen LogP contribution in [0.15, 0.2) is 0 Å². The number of hydrogen-bond acceptors (Lipinski definition) is 3. The summed E-state index contributed by atoms with van der Waals surface area (Å²) in [4.78, 5) is 11.7. The lowest BCUT2D eigenvalue weighted by molar-refractivity contribution is -0.0674. The molecule has 2 N–H and O–H groups in total. The van der Waals surface area contributed by atoms with Gasteiger partial charge in [0.2, 0.25) is 0 Å². The van der Waals surface area contributed by atoms with Crippen LogP contribution in [0.25, 0.3) is 0 Å². The van der Waals surface area contributed by atoms with Gasteiger partial charge in [0.25, 0.3) is 0 Å². The number of nitrogens with one attached hydrogen (secondary N) is 2. The fourth-order valence-electron chi connectivity index (χ4n) is 2.41. The highest BCUT2D eigenvalue weighted by Gasteiger charge is 2.37. The van der Waals surface area contributed by atoms with Crippen molar-refractivity contribution in [1.29, 1.82) is 0 Å². The zero-order chi connectivity index (χ0) is 12.3. The van der Waals surface area contributed by atoms with Crippen LogP contribution in [0, 0.1) is 0 Å². The Labute approximate surface area is 102 Å². The largest absolute Gasteiger partial charge is 0.376 e. The number of rotatable bonds is 4. The van der Waals surface area contributed by atoms with E-state index in [0.717, 1.165) is 25.9 Å². The zero-order valence-corrected chi connectivity index (χ0v) is 10.6. The third-order valence-electron chi connectivity index (χ3n) is 3.96. The van der Waals surface area contributed by atoms with Gasteiger partial charge in [-0.05, 0) is 32.6 Å². The van der Waals surface area contributed by atoms with Crippen molar-refractivity contribution >= 4 is 6.03 Å². The molecule has 2 atom stereocenters. The van der Waals surface area contributed by atoms with Crippen molar-refractivity contribution in [2.75, 3.05) is 20.3 Å². The fourth-order valence-corrected chi connectivity index (χ4v) is 2.41. The molecule has 2 amide bonds. The number of carbonyl (C=O) groups excluding carboxylic acids is 1. The first-order valence-corrected chi connectivity index (χ1v) is 6.36. The Balaban J connectivity index is 1.70. The maximum absolute atomic E-state index is 11.7. The SMILES string of the molecule is COC1(CNC(=O)NC2CCOC2C)CCC1. The van der Waals surface area contributed by atoms with Crippen LogP contribution in [0.3, 0.4) is 0 Å². The van der Waals surface area contributed by atoms with Crippen LogP contribution in [-0.2, 0) is 9.47 Å². The van der Waals surface area contributed by atoms with Crippen LogP contribution < -0.4 is 10.6 Å². The van der Waals surface area contributed by atoms with E-state index in [1.807, 2.05) is 6.92 Å². The molecule has 1 aliphatic heterocycles. The van der Waals surface area contributed by atoms with E-state index in [1.54, 1.807) is 7.11 Å². The quantitative estimate of drug-likeness (QED) is 0.774. The van der Waals surface area contributed by atoms with E-state index in [9.17, 15) is 4.79 Å². The molecule has 0 spiro atoms. The van der Waals surface area contributed by atoms with Gasteiger partial charge in [0.1, 0.15) is 0 Å². The summed E-state index contributed by atoms with van der Waals surface area (Å²) >= 11 is 0. The molecule has 2 rings (SSSR count). The van der Waals surface area contributed by atoms with Crippen molar-refractivity contribution in [2.24, 2.45) is 0 Å². The first-order chi connectivity index (χ1) is 8.15. The summed E-state index contributed by atoms with van der Waals surface area (Å²) in [5.41, 5.74) is -0.116. The maximum atomic E-state index is 11.7. The minimum Gasteiger partial charge on any atom is -0.376 e. The van der Waals surface area contributed by atoms with E-state index in [1.165, 1.54) is 6.42 Å². The van der Waals surface area contributed by atoms with Crippen molar-refractivity contribution in [3.8, 4) is 0 Å². The summed E-state index contributed by atoms with van der Waals surface area (Å²) in [5, 5.41) is 5.84. The third kappa shape index (κ3) is 2.90. The summed E-state index contributed by atoms with van der Waals surface area (Å²) in [6.45, 7) is 3.31. The second-order valence-electron chi connectivity index (χ2n) is 5.04. The van der Waals surface area contributed by atoms with Gasteiger partial charge in [0.05, 0.1) is 17.7 Å². The molecule has 2 unspecified atom stereocenters. The van der Waals surface area contributed by atoms with E-state index in [4.69, 9.17) is 9.47 Å². The van der Waals surface area contributed by atoms with Crippen LogP contribution in [0.2, 0.25) is 0 Å². The molecule has 1 heterocycles. The molecular weight excluding hydrogens is 220 g/mol. The number of methoxy groups -OCH3 is 1. The van der Waals surface area contributed by atoms with E-state index in [0.29, 0.717) is 6.54 Å². The fraction of sp³-hybridized carbons (Fsp3) is 0.917. The van der Waals surface area contributed by atoms with Gasteiger partial charge in [-0.1, -0.05) is 0 Å². The molecule has 0 aromatic heterocycles. The minimum atomic E-state index is -0.116. The Morgan fingerprint density at radius 3 is 2.76 bits per heavy atom. The van der Waals surface area contributed by atoms with E-state index in [2.05, 4.69) is 10.6 Å². The Kier molecular flexibility index (Phi) is 3.89. The second kappa shape index (κ2) is 5.23. The van der Waals surface area contributed by atoms with Gasteiger partial charge in [-0.3, -0.25) is 0 Å². The van der Waals surface area contributed by atoms with Crippen LogP contribution in [0.4, 0.5) is 4.79 Å². The lowest BCUT2D eigenvalue weighted by Crippen LogP contribution is -2.53. The molecule has 5 nitrogen and oxygen atoms in total. The standard InChI is InChI=1S/C12H22N2O3/c1-9-10(4-7-17-9)14-11(15)13-8-12(16-2)5-3-6-12/h9-10H,3-8H2,1-2H3,(H2,13,14,15). The molecule has 0 aromatic rings. The van der Waals surface area contributed by atoms with Crippen LogP contribution in [0.1, 0.15) is 32.6 Å². The van der Waals surface area contributed by atoms with Gasteiger partial charge >= 0.3 is 6.03 Å². The highest BCUT2D eigenvalue weighted by molar-refractivity contribution is 5.74. The van der Waals surface area contributed by atoms with E-state index in [-0.39, 0.29) is 23.8 Å². The topological polar surface area (TPSA) is 59.6 Å². The van der Waals surface area contributed by atoms with Crippen molar-refractivity contribution in [3.63, 3.8) is 0 Å². The van der Waals surface area contributed by atoms with Gasteiger partial charge < -0.3 is 20.1 Å². The Morgan fingerprint density at radius 1 is 1.53 bits per heavy atom. The van der Waals surface area contributed by atoms with Crippen LogP contribution in [0.5, 0.6) is 0 Å². The van der Waals surface area contributed by atoms with Gasteiger partial charge in [-0.2, -0.15) is 0 Å². The predicted molar refractivity (Wildman–Crippen MR) is 63.9 cm³/mol. The zero-order valence-electron chi connectivity index (χ0n) is 10.6. The highest BCUT2D eigenvalue weighted by atomic mass is 16.5. The number of urea groups is 1. The summed E-state index contributed by atoms with van der Waals surface area (Å²) in [5.74, 6) is 0. The van der Waals surface area contributed by atoms with E-state index >= 15 is 0 Å². The number of amides is 2. The monoisotopic (exact) mass is 242 g/mol. The molecule has 1 saturated carbocycles. The van der Waals surface area contributed by atoms with Crippen molar-refractivity contribution in [1.82, 2.24) is 10.6 Å². The summed E-state index contributed by atoms with van der Waals surface area (Å²) < 4.78 is 10.8. The number of ether oxygens (including phenoxy) is 2. The molecule has 0 bridgehead atoms. The van der Waals surface area contributed by atoms with Crippen molar-refractivity contribution in [3.05, 3.63) is 0 Å². The molecule has 1 aliphatic carbocycles. The molecule has 98 valence electrons. The van der Waals surface area contributed by atoms with Gasteiger partial charge in [0.15, 0.2) is 0 Å². The number of carbonyl (C=O) groups is 1. The maximum Gasteiger partial charge on any atom is 0.315 e. The molecule has 2 aliphatic rings. The number of hydrogen-bond donors (Lipinski definition) is 2. The average molecular weight is 242 g/mol. The highest BCUT2D eigenvalue weighted by Crippen LogP contribution is 2.34. The van der Waals surface area contributed by atoms with Crippen LogP contribution >= 0.6 is 0 Å². The Bertz CT molecular complexity index is 273. The van der Waals surface area contributed by atoms with Gasteiger partial charge in [-0.15, -0.1) is 0 Å². The molecule has 0 radical (unpaired) electrons. The van der Waals surface area contributed by atoms with Crippen molar-refractivity contribution in [2.45, 2.75) is 50.4 Å². The second-order valence-corrected chi connectivity index (χ2v) is 5.04. The molecule has 2 fully saturated rings. The average Bonchev–Trinajstić information content (AvgIpc) is 2.64. The van der Waals surface area contributed by atoms with E-state index < -0.39 is 0 Å². The van der Waals surface area contributed by atoms with Gasteiger partial charge in [-0.25, -0.2) is 4.79 Å². The summed E-state index contributed by atoms with van der Waals surface area (Å²) in [6.07, 6.45) is 4.26. The molecule has 1 saturated heterocycles. The molecule has 17 heavy (non-hydrogen) atoms. The third-order valence-corrected chi connectivity index (χ3v) is 3.96. The first-order valence-electron chi connectivity index (χ1n) is 6.36. The molecular formula is C12H22N2O3. The Morgan fingerprint density at radius 2 is 2.29 bits per heavy atom. The lowest BCUT2D eigenvalue weighted by atomic mass is 9.80. The molecule has 0 aromatic carbocycles. The predicted octanol–water partition coefficient (Wildman–Crippen LogP) is 1.03. The smallest absolute Gasteiger partial charge is 0.315 e. The van der Waals surface area contributed by atoms with Crippen LogP contribution in [-0.4, -0.2) is 44.0 Å². The lowest BCUT2D eigenvalue weighted by Gasteiger charge is -2.40. The Hall–Kier alpha value is -0.810. The first kappa shape index (κ1) is 12.6. The van der Waals surface area contributed by atoms with Gasteiger partial charge in [0, 0.05) is 20.3 Å². The summed E-state index contributed by atoms with van der Waals surface area (Å²) in [6, 6.07) is 0.0190. The summed E-state index contributed by atoms with van der Waals surface area (Å²) in [7, 11) is 1.71. The normalized spacial score (nSPS) is 30.7. The minimum absolute atomic E-state index is 0.112.